The van der Waals surface area contributed by atoms with Crippen molar-refractivity contribution in [3.05, 3.63) is 65.2 Å². The molecule has 39 heavy (non-hydrogen) atoms. The summed E-state index contributed by atoms with van der Waals surface area (Å²) in [5.74, 6) is -1.57. The lowest BCUT2D eigenvalue weighted by Crippen LogP contribution is -2.49. The second kappa shape index (κ2) is 10.6. The van der Waals surface area contributed by atoms with Crippen LogP contribution in [0, 0.1) is 0 Å². The highest BCUT2D eigenvalue weighted by Gasteiger charge is 2.34. The number of aliphatic imine (C=N–C) groups is 1. The first-order chi connectivity index (χ1) is 18.7. The van der Waals surface area contributed by atoms with E-state index in [2.05, 4.69) is 30.0 Å². The van der Waals surface area contributed by atoms with Crippen LogP contribution < -0.4 is 20.7 Å². The molecule has 0 saturated carbocycles. The first kappa shape index (κ1) is 26.0. The number of amides is 2. The number of thiazole rings is 1. The lowest BCUT2D eigenvalue weighted by Gasteiger charge is -2.34. The Hall–Kier alpha value is -4.66. The molecule has 0 bridgehead atoms. The fourth-order valence-electron chi connectivity index (χ4n) is 3.96. The molecule has 0 atom stereocenters. The molecule has 1 fully saturated rings. The van der Waals surface area contributed by atoms with Crippen LogP contribution in [-0.2, 0) is 0 Å². The number of imidazole rings is 1. The summed E-state index contributed by atoms with van der Waals surface area (Å²) in [6.45, 7) is 1.24. The van der Waals surface area contributed by atoms with E-state index < -0.39 is 23.9 Å². The highest BCUT2D eigenvalue weighted by atomic mass is 32.1. The molecular weight excluding hydrogens is 537 g/mol. The molecule has 0 radical (unpaired) electrons. The molecule has 3 heterocycles. The standard InChI is InChI=1S/C24H21F3N8O3S/c25-24(26,27)38-18-8-4-1-5-14(18)20(37)34-9-11-35(12-10-34)23-31-17(13-39-23)19(36)32-21(28)33-22-29-15-6-2-3-7-16(15)30-22/h1-8,13H,9-12H2,(H4,28,29,30,32,33,36). The average molecular weight is 559 g/mol. The fraction of sp³-hybridized carbons (Fsp3) is 0.208. The smallest absolute Gasteiger partial charge is 0.405 e. The van der Waals surface area contributed by atoms with Crippen molar-refractivity contribution in [1.29, 1.82) is 0 Å². The number of rotatable bonds is 5. The van der Waals surface area contributed by atoms with Crippen LogP contribution in [0.25, 0.3) is 11.0 Å². The zero-order valence-corrected chi connectivity index (χ0v) is 20.9. The van der Waals surface area contributed by atoms with Gasteiger partial charge in [-0.15, -0.1) is 24.5 Å². The van der Waals surface area contributed by atoms with Crippen molar-refractivity contribution >= 4 is 51.2 Å². The largest absolute Gasteiger partial charge is 0.573 e. The summed E-state index contributed by atoms with van der Waals surface area (Å²) >= 11 is 1.24. The van der Waals surface area contributed by atoms with Gasteiger partial charge in [0.25, 0.3) is 11.8 Å². The predicted octanol–water partition coefficient (Wildman–Crippen LogP) is 3.26. The number of carbonyl (C=O) groups is 2. The lowest BCUT2D eigenvalue weighted by molar-refractivity contribution is -0.274. The van der Waals surface area contributed by atoms with Crippen molar-refractivity contribution in [2.45, 2.75) is 6.36 Å². The van der Waals surface area contributed by atoms with Crippen LogP contribution >= 0.6 is 11.3 Å². The Morgan fingerprint density at radius 1 is 1.05 bits per heavy atom. The number of anilines is 1. The minimum absolute atomic E-state index is 0.134. The molecule has 1 aliphatic rings. The molecule has 0 unspecified atom stereocenters. The maximum atomic E-state index is 12.9. The SMILES string of the molecule is NC(=Nc1nc2ccccc2[nH]1)NC(=O)c1csc(N2CCN(C(=O)c3ccccc3OC(F)(F)F)CC2)n1. The number of piperazine rings is 1. The number of benzene rings is 2. The number of hydrogen-bond acceptors (Lipinski definition) is 8. The number of nitrogens with two attached hydrogens (primary N) is 1. The van der Waals surface area contributed by atoms with Crippen molar-refractivity contribution in [3.8, 4) is 5.75 Å². The van der Waals surface area contributed by atoms with Crippen molar-refractivity contribution in [2.75, 3.05) is 31.1 Å². The zero-order chi connectivity index (χ0) is 27.6. The number of nitrogens with one attached hydrogen (secondary N) is 2. The maximum Gasteiger partial charge on any atom is 0.573 e. The van der Waals surface area contributed by atoms with Crippen molar-refractivity contribution in [2.24, 2.45) is 10.7 Å². The average Bonchev–Trinajstić information content (AvgIpc) is 3.55. The molecule has 2 aromatic carbocycles. The third-order valence-corrected chi connectivity index (χ3v) is 6.65. The summed E-state index contributed by atoms with van der Waals surface area (Å²) in [6.07, 6.45) is -4.91. The molecule has 2 amide bonds. The number of aromatic amines is 1. The van der Waals surface area contributed by atoms with E-state index in [9.17, 15) is 22.8 Å². The topological polar surface area (TPSA) is 142 Å². The molecule has 15 heteroatoms. The molecule has 4 N–H and O–H groups in total. The fourth-order valence-corrected chi connectivity index (χ4v) is 4.82. The number of ether oxygens (including phenoxy) is 1. The van der Waals surface area contributed by atoms with E-state index in [-0.39, 0.29) is 36.3 Å². The van der Waals surface area contributed by atoms with Gasteiger partial charge in [-0.2, -0.15) is 4.99 Å². The van der Waals surface area contributed by atoms with Crippen LogP contribution in [0.15, 0.2) is 58.9 Å². The number of carbonyl (C=O) groups excluding carboxylic acids is 2. The van der Waals surface area contributed by atoms with Gasteiger partial charge in [0.15, 0.2) is 5.13 Å². The van der Waals surface area contributed by atoms with E-state index in [0.717, 1.165) is 11.6 Å². The summed E-state index contributed by atoms with van der Waals surface area (Å²) in [5.41, 5.74) is 7.32. The third kappa shape index (κ3) is 6.09. The number of hydrogen-bond donors (Lipinski definition) is 3. The van der Waals surface area contributed by atoms with Crippen LogP contribution in [-0.4, -0.2) is 70.2 Å². The molecule has 2 aromatic heterocycles. The normalized spacial score (nSPS) is 14.5. The number of aromatic nitrogens is 3. The van der Waals surface area contributed by atoms with Gasteiger partial charge in [-0.05, 0) is 24.3 Å². The van der Waals surface area contributed by atoms with Crippen molar-refractivity contribution in [3.63, 3.8) is 0 Å². The van der Waals surface area contributed by atoms with Gasteiger partial charge in [0, 0.05) is 31.6 Å². The number of halogens is 3. The number of alkyl halides is 3. The monoisotopic (exact) mass is 558 g/mol. The summed E-state index contributed by atoms with van der Waals surface area (Å²) in [5, 5.41) is 4.60. The van der Waals surface area contributed by atoms with Crippen LogP contribution in [0.3, 0.4) is 0 Å². The number of para-hydroxylation sites is 3. The van der Waals surface area contributed by atoms with E-state index in [1.807, 2.05) is 29.2 Å². The molecule has 11 nitrogen and oxygen atoms in total. The summed E-state index contributed by atoms with van der Waals surface area (Å²) in [7, 11) is 0. The summed E-state index contributed by atoms with van der Waals surface area (Å²) in [4.78, 5) is 44.6. The van der Waals surface area contributed by atoms with Crippen molar-refractivity contribution in [1.82, 2.24) is 25.2 Å². The highest BCUT2D eigenvalue weighted by molar-refractivity contribution is 7.13. The zero-order valence-electron chi connectivity index (χ0n) is 20.1. The Balaban J connectivity index is 1.18. The van der Waals surface area contributed by atoms with Gasteiger partial charge in [0.2, 0.25) is 11.9 Å². The Labute approximate surface area is 223 Å². The molecule has 5 rings (SSSR count). The molecule has 202 valence electrons. The van der Waals surface area contributed by atoms with Crippen molar-refractivity contribution < 1.29 is 27.5 Å². The number of H-pyrrole nitrogens is 1. The van der Waals surface area contributed by atoms with Gasteiger partial charge in [0.1, 0.15) is 11.4 Å². The molecule has 0 spiro atoms. The Morgan fingerprint density at radius 2 is 1.77 bits per heavy atom. The second-order valence-corrected chi connectivity index (χ2v) is 9.20. The lowest BCUT2D eigenvalue weighted by atomic mass is 10.1. The summed E-state index contributed by atoms with van der Waals surface area (Å²) < 4.78 is 42.2. The third-order valence-electron chi connectivity index (χ3n) is 5.75. The highest BCUT2D eigenvalue weighted by Crippen LogP contribution is 2.28. The van der Waals surface area contributed by atoms with Gasteiger partial charge in [-0.1, -0.05) is 24.3 Å². The molecule has 0 aliphatic carbocycles. The number of guanidine groups is 1. The van der Waals surface area contributed by atoms with E-state index in [1.54, 1.807) is 5.38 Å². The first-order valence-electron chi connectivity index (χ1n) is 11.6. The molecule has 4 aromatic rings. The molecular formula is C24H21F3N8O3S. The van der Waals surface area contributed by atoms with Gasteiger partial charge in [-0.3, -0.25) is 14.9 Å². The van der Waals surface area contributed by atoms with E-state index >= 15 is 0 Å². The number of nitrogens with zero attached hydrogens (tertiary/aromatic N) is 5. The molecule has 1 aliphatic heterocycles. The Morgan fingerprint density at radius 3 is 2.51 bits per heavy atom. The van der Waals surface area contributed by atoms with Crippen LogP contribution in [0.4, 0.5) is 24.3 Å². The predicted molar refractivity (Wildman–Crippen MR) is 138 cm³/mol. The van der Waals surface area contributed by atoms with Gasteiger partial charge in [0.05, 0.1) is 16.6 Å². The Bertz CT molecular complexity index is 1510. The second-order valence-electron chi connectivity index (χ2n) is 8.37. The van der Waals surface area contributed by atoms with E-state index in [1.165, 1.54) is 34.4 Å². The maximum absolute atomic E-state index is 12.9. The minimum Gasteiger partial charge on any atom is -0.405 e. The van der Waals surface area contributed by atoms with Crippen LogP contribution in [0.2, 0.25) is 0 Å². The van der Waals surface area contributed by atoms with Gasteiger partial charge >= 0.3 is 6.36 Å². The van der Waals surface area contributed by atoms with E-state index in [4.69, 9.17) is 5.73 Å². The van der Waals surface area contributed by atoms with Crippen LogP contribution in [0.5, 0.6) is 5.75 Å². The first-order valence-corrected chi connectivity index (χ1v) is 12.5. The minimum atomic E-state index is -4.91. The van der Waals surface area contributed by atoms with Crippen LogP contribution in [0.1, 0.15) is 20.8 Å². The molecule has 1 saturated heterocycles. The van der Waals surface area contributed by atoms with Gasteiger partial charge in [-0.25, -0.2) is 9.97 Å². The quantitative estimate of drug-likeness (QED) is 0.252. The van der Waals surface area contributed by atoms with E-state index in [0.29, 0.717) is 23.7 Å². The number of fused-ring (bicyclic) bond motifs is 1. The van der Waals surface area contributed by atoms with Gasteiger partial charge < -0.3 is 25.3 Å². The summed E-state index contributed by atoms with van der Waals surface area (Å²) in [6, 6.07) is 12.6. The Kier molecular flexibility index (Phi) is 7.06.